The second kappa shape index (κ2) is 8.16. The Morgan fingerprint density at radius 3 is 2.50 bits per heavy atom. The Morgan fingerprint density at radius 1 is 1.44 bits per heavy atom. The van der Waals surface area contributed by atoms with Gasteiger partial charge in [-0.25, -0.2) is 0 Å². The van der Waals surface area contributed by atoms with Gasteiger partial charge in [-0.3, -0.25) is 9.36 Å². The summed E-state index contributed by atoms with van der Waals surface area (Å²) < 4.78 is 16.3. The van der Waals surface area contributed by atoms with Crippen LogP contribution in [0.4, 0.5) is 0 Å². The van der Waals surface area contributed by atoms with Crippen molar-refractivity contribution in [1.82, 2.24) is 0 Å². The van der Waals surface area contributed by atoms with E-state index in [4.69, 9.17) is 5.73 Å². The van der Waals surface area contributed by atoms with E-state index in [0.717, 1.165) is 12.8 Å². The summed E-state index contributed by atoms with van der Waals surface area (Å²) in [6, 6.07) is 0. The Kier molecular flexibility index (Phi) is 8.11. The van der Waals surface area contributed by atoms with Gasteiger partial charge in [0.1, 0.15) is 6.16 Å². The summed E-state index contributed by atoms with van der Waals surface area (Å²) in [6.45, 7) is 0. The number of halogens is 1. The molecule has 108 valence electrons. The van der Waals surface area contributed by atoms with Crippen LogP contribution in [-0.4, -0.2) is 29.9 Å². The number of hydrogen-bond donors (Lipinski definition) is 2. The van der Waals surface area contributed by atoms with Crippen molar-refractivity contribution < 1.29 is 19.0 Å². The largest absolute Gasteiger partial charge is 0.469 e. The molecular weight excluding hydrogens is 277 g/mol. The lowest BCUT2D eigenvalue weighted by Gasteiger charge is -2.26. The van der Waals surface area contributed by atoms with Crippen LogP contribution in [0.5, 0.6) is 0 Å². The van der Waals surface area contributed by atoms with Gasteiger partial charge in [0.25, 0.3) is 0 Å². The van der Waals surface area contributed by atoms with Gasteiger partial charge in [-0.05, 0) is 12.3 Å². The molecule has 1 rings (SSSR count). The van der Waals surface area contributed by atoms with Crippen molar-refractivity contribution in [3.8, 4) is 0 Å². The fourth-order valence-electron chi connectivity index (χ4n) is 2.30. The second-order valence-electron chi connectivity index (χ2n) is 4.80. The van der Waals surface area contributed by atoms with Crippen molar-refractivity contribution in [2.45, 2.75) is 44.3 Å². The van der Waals surface area contributed by atoms with Crippen LogP contribution in [0.2, 0.25) is 0 Å². The molecule has 0 amide bonds. The molecule has 7 heteroatoms. The first-order valence-electron chi connectivity index (χ1n) is 6.09. The molecule has 0 aliphatic heterocycles. The average Bonchev–Trinajstić information content (AvgIpc) is 2.29. The van der Waals surface area contributed by atoms with Crippen molar-refractivity contribution in [1.29, 1.82) is 0 Å². The Labute approximate surface area is 114 Å². The lowest BCUT2D eigenvalue weighted by molar-refractivity contribution is -0.137. The van der Waals surface area contributed by atoms with Crippen LogP contribution < -0.4 is 5.73 Å². The van der Waals surface area contributed by atoms with E-state index in [2.05, 4.69) is 4.74 Å². The van der Waals surface area contributed by atoms with Gasteiger partial charge >= 0.3 is 5.97 Å². The highest BCUT2D eigenvalue weighted by atomic mass is 35.5. The van der Waals surface area contributed by atoms with Gasteiger partial charge in [-0.1, -0.05) is 32.1 Å². The molecule has 0 aromatic rings. The summed E-state index contributed by atoms with van der Waals surface area (Å²) in [5.41, 5.74) is 5.76. The summed E-state index contributed by atoms with van der Waals surface area (Å²) in [6.07, 6.45) is 5.79. The zero-order chi connectivity index (χ0) is 12.9. The van der Waals surface area contributed by atoms with E-state index in [1.165, 1.54) is 26.4 Å². The molecule has 1 saturated carbocycles. The summed E-state index contributed by atoms with van der Waals surface area (Å²) in [7, 11) is -2.42. The number of ether oxygens (including phenoxy) is 1. The molecule has 1 aliphatic carbocycles. The maximum absolute atomic E-state index is 11.9. The Hall–Kier alpha value is -0.0900. The second-order valence-corrected chi connectivity index (χ2v) is 7.29. The summed E-state index contributed by atoms with van der Waals surface area (Å²) in [5.74, 6) is -1.04. The number of esters is 1. The van der Waals surface area contributed by atoms with E-state index < -0.39 is 25.3 Å². The minimum Gasteiger partial charge on any atom is -0.469 e. The summed E-state index contributed by atoms with van der Waals surface area (Å²) >= 11 is 0. The van der Waals surface area contributed by atoms with Crippen LogP contribution in [0, 0.1) is 5.92 Å². The third kappa shape index (κ3) is 5.70. The number of methoxy groups -OCH3 is 1. The first-order valence-corrected chi connectivity index (χ1v) is 8.01. The van der Waals surface area contributed by atoms with Gasteiger partial charge in [0.2, 0.25) is 7.37 Å². The highest BCUT2D eigenvalue weighted by Crippen LogP contribution is 2.47. The molecule has 5 nitrogen and oxygen atoms in total. The summed E-state index contributed by atoms with van der Waals surface area (Å²) in [4.78, 5) is 20.8. The minimum atomic E-state index is -3.62. The Bertz CT molecular complexity index is 307. The van der Waals surface area contributed by atoms with Crippen LogP contribution in [0.3, 0.4) is 0 Å². The molecule has 2 unspecified atom stereocenters. The molecule has 0 spiro atoms. The van der Waals surface area contributed by atoms with Gasteiger partial charge in [-0.15, -0.1) is 12.4 Å². The predicted molar refractivity (Wildman–Crippen MR) is 73.1 cm³/mol. The molecule has 0 saturated heterocycles. The van der Waals surface area contributed by atoms with Crippen molar-refractivity contribution >= 4 is 25.7 Å². The monoisotopic (exact) mass is 299 g/mol. The molecule has 0 heterocycles. The highest BCUT2D eigenvalue weighted by Gasteiger charge is 2.33. The molecule has 0 radical (unpaired) electrons. The molecule has 0 aromatic heterocycles. The Morgan fingerprint density at radius 2 is 2.00 bits per heavy atom. The molecule has 0 bridgehead atoms. The summed E-state index contributed by atoms with van der Waals surface area (Å²) in [5, 5.41) is 0. The van der Waals surface area contributed by atoms with Gasteiger partial charge in [0, 0.05) is 0 Å². The van der Waals surface area contributed by atoms with E-state index >= 15 is 0 Å². The van der Waals surface area contributed by atoms with E-state index in [-0.39, 0.29) is 12.4 Å². The number of carbonyl (C=O) groups is 1. The van der Waals surface area contributed by atoms with Crippen LogP contribution >= 0.6 is 19.8 Å². The smallest absolute Gasteiger partial charge is 0.315 e. The van der Waals surface area contributed by atoms with E-state index in [0.29, 0.717) is 12.3 Å². The quantitative estimate of drug-likeness (QED) is 0.599. The number of nitrogens with two attached hydrogens (primary N) is 1. The van der Waals surface area contributed by atoms with Crippen molar-refractivity contribution in [2.24, 2.45) is 11.7 Å². The van der Waals surface area contributed by atoms with E-state index in [1.807, 2.05) is 0 Å². The van der Waals surface area contributed by atoms with Gasteiger partial charge in [0.05, 0.1) is 12.9 Å². The third-order valence-corrected chi connectivity index (χ3v) is 5.36. The minimum absolute atomic E-state index is 0. The van der Waals surface area contributed by atoms with Crippen molar-refractivity contribution in [2.75, 3.05) is 13.3 Å². The molecule has 3 N–H and O–H groups in total. The maximum atomic E-state index is 11.9. The molecule has 1 aliphatic rings. The number of hydrogen-bond acceptors (Lipinski definition) is 4. The van der Waals surface area contributed by atoms with Crippen LogP contribution in [-0.2, 0) is 14.1 Å². The normalized spacial score (nSPS) is 21.5. The van der Waals surface area contributed by atoms with Crippen LogP contribution in [0.15, 0.2) is 0 Å². The lowest BCUT2D eigenvalue weighted by atomic mass is 9.87. The first kappa shape index (κ1) is 17.9. The standard InChI is InChI=1S/C11H22NO4P.ClH/c1-16-11(13)8-17(14,15)10(12)7-9-5-3-2-4-6-9;/h9-10H,2-8,12H2,1H3,(H,14,15);1H. The highest BCUT2D eigenvalue weighted by molar-refractivity contribution is 7.59. The van der Waals surface area contributed by atoms with Crippen LogP contribution in [0.1, 0.15) is 38.5 Å². The molecule has 0 aromatic carbocycles. The molecule has 2 atom stereocenters. The fraction of sp³-hybridized carbons (Fsp3) is 0.909. The molecular formula is C11H23ClNO4P. The average molecular weight is 300 g/mol. The van der Waals surface area contributed by atoms with Crippen molar-refractivity contribution in [3.05, 3.63) is 0 Å². The predicted octanol–water partition coefficient (Wildman–Crippen LogP) is 2.11. The van der Waals surface area contributed by atoms with Gasteiger partial charge < -0.3 is 15.4 Å². The topological polar surface area (TPSA) is 89.6 Å². The zero-order valence-electron chi connectivity index (χ0n) is 10.7. The fourth-order valence-corrected chi connectivity index (χ4v) is 3.66. The molecule has 1 fully saturated rings. The Balaban J connectivity index is 0.00000289. The van der Waals surface area contributed by atoms with Gasteiger partial charge in [0.15, 0.2) is 0 Å². The van der Waals surface area contributed by atoms with Crippen LogP contribution in [0.25, 0.3) is 0 Å². The lowest BCUT2D eigenvalue weighted by Crippen LogP contribution is -2.27. The van der Waals surface area contributed by atoms with E-state index in [9.17, 15) is 14.3 Å². The SMILES string of the molecule is COC(=O)CP(=O)(O)C(N)CC1CCCCC1.Cl. The van der Waals surface area contributed by atoms with E-state index in [1.54, 1.807) is 0 Å². The first-order chi connectivity index (χ1) is 7.95. The number of rotatable bonds is 5. The zero-order valence-corrected chi connectivity index (χ0v) is 12.4. The van der Waals surface area contributed by atoms with Gasteiger partial charge in [-0.2, -0.15) is 0 Å². The number of carbonyl (C=O) groups excluding carboxylic acids is 1. The third-order valence-electron chi connectivity index (χ3n) is 3.40. The maximum Gasteiger partial charge on any atom is 0.315 e. The molecule has 18 heavy (non-hydrogen) atoms. The van der Waals surface area contributed by atoms with Crippen molar-refractivity contribution in [3.63, 3.8) is 0 Å².